The van der Waals surface area contributed by atoms with Crippen molar-refractivity contribution < 1.29 is 0 Å². The lowest BCUT2D eigenvalue weighted by atomic mass is 10.2. The molecule has 0 aliphatic rings. The van der Waals surface area contributed by atoms with E-state index in [1.807, 2.05) is 65.9 Å². The van der Waals surface area contributed by atoms with E-state index in [9.17, 15) is 0 Å². The zero-order valence-corrected chi connectivity index (χ0v) is 16.5. The Morgan fingerprint density at radius 3 is 2.80 bits per heavy atom. The number of nitrogens with two attached hydrogens (primary N) is 1. The van der Waals surface area contributed by atoms with Gasteiger partial charge in [-0.2, -0.15) is 10.2 Å². The van der Waals surface area contributed by atoms with Crippen molar-refractivity contribution in [2.24, 2.45) is 5.73 Å². The van der Waals surface area contributed by atoms with Crippen LogP contribution in [0.15, 0.2) is 97.8 Å². The average molecular weight is 397 g/mol. The van der Waals surface area contributed by atoms with Gasteiger partial charge < -0.3 is 11.1 Å². The molecule has 0 atom stereocenters. The van der Waals surface area contributed by atoms with Crippen LogP contribution in [0.25, 0.3) is 16.8 Å². The Morgan fingerprint density at radius 2 is 2.00 bits per heavy atom. The maximum absolute atomic E-state index is 5.51. The predicted octanol–water partition coefficient (Wildman–Crippen LogP) is 3.64. The highest BCUT2D eigenvalue weighted by atomic mass is 15.3. The van der Waals surface area contributed by atoms with Gasteiger partial charge in [0.25, 0.3) is 0 Å². The van der Waals surface area contributed by atoms with E-state index in [2.05, 4.69) is 34.2 Å². The molecule has 150 valence electrons. The quantitative estimate of drug-likeness (QED) is 0.443. The van der Waals surface area contributed by atoms with Crippen LogP contribution in [0.3, 0.4) is 0 Å². The summed E-state index contributed by atoms with van der Waals surface area (Å²) in [7, 11) is 0. The second-order valence-corrected chi connectivity index (χ2v) is 6.74. The second-order valence-electron chi connectivity index (χ2n) is 6.74. The fourth-order valence-corrected chi connectivity index (χ4v) is 3.17. The maximum atomic E-state index is 5.51. The molecule has 7 nitrogen and oxygen atoms in total. The van der Waals surface area contributed by atoms with Gasteiger partial charge in [0.05, 0.1) is 18.9 Å². The summed E-state index contributed by atoms with van der Waals surface area (Å²) in [5.74, 6) is 0.751. The van der Waals surface area contributed by atoms with Crippen molar-refractivity contribution in [3.05, 3.63) is 103 Å². The molecule has 0 aliphatic heterocycles. The molecule has 0 aliphatic carbocycles. The Labute approximate surface area is 174 Å². The molecule has 4 aromatic rings. The fraction of sp³-hybridized carbons (Fsp3) is 0.0870. The molecule has 7 heteroatoms. The molecule has 0 radical (unpaired) electrons. The van der Waals surface area contributed by atoms with Crippen molar-refractivity contribution in [2.75, 3.05) is 11.9 Å². The summed E-state index contributed by atoms with van der Waals surface area (Å²) in [6.45, 7) is 5.03. The third-order valence-corrected chi connectivity index (χ3v) is 4.62. The topological polar surface area (TPSA) is 86.1 Å². The third-order valence-electron chi connectivity index (χ3n) is 4.62. The number of allylic oxidation sites excluding steroid dienone is 2. The zero-order chi connectivity index (χ0) is 20.8. The first kappa shape index (κ1) is 19.2. The van der Waals surface area contributed by atoms with Gasteiger partial charge in [0.15, 0.2) is 5.65 Å². The summed E-state index contributed by atoms with van der Waals surface area (Å²) in [5.41, 5.74) is 10.4. The van der Waals surface area contributed by atoms with Crippen LogP contribution in [0.1, 0.15) is 5.56 Å². The number of nitrogens with zero attached hydrogens (tertiary/aromatic N) is 5. The van der Waals surface area contributed by atoms with Crippen LogP contribution in [0.2, 0.25) is 0 Å². The standard InChI is InChI=1S/C23H23N7/c1-2-6-18(9-11-24)13-25-22-10-12-30-23(28-22)21(15-27-30)20-14-26-29(17-20)16-19-7-4-3-5-8-19/h2-12,14-15,17H,1,13,16,24H2,(H,25,28)/b11-9-,18-6+. The second kappa shape index (κ2) is 8.91. The molecule has 0 bridgehead atoms. The Morgan fingerprint density at radius 1 is 1.13 bits per heavy atom. The SMILES string of the molecule is C=C/C=C(\C=C/N)CNc1ccn2ncc(-c3cnn(Cc4ccccc4)c3)c2n1. The predicted molar refractivity (Wildman–Crippen MR) is 120 cm³/mol. The van der Waals surface area contributed by atoms with Gasteiger partial charge in [0, 0.05) is 30.1 Å². The van der Waals surface area contributed by atoms with Gasteiger partial charge >= 0.3 is 0 Å². The summed E-state index contributed by atoms with van der Waals surface area (Å²) in [4.78, 5) is 4.74. The summed E-state index contributed by atoms with van der Waals surface area (Å²) in [6, 6.07) is 12.1. The van der Waals surface area contributed by atoms with Crippen LogP contribution in [0.5, 0.6) is 0 Å². The molecule has 0 spiro atoms. The molecule has 0 saturated heterocycles. The van der Waals surface area contributed by atoms with Gasteiger partial charge in [-0.1, -0.05) is 49.1 Å². The summed E-state index contributed by atoms with van der Waals surface area (Å²) in [6.07, 6.45) is 14.5. The van der Waals surface area contributed by atoms with Crippen LogP contribution >= 0.6 is 0 Å². The number of rotatable bonds is 8. The third kappa shape index (κ3) is 4.30. The molecule has 30 heavy (non-hydrogen) atoms. The number of hydrogen-bond donors (Lipinski definition) is 2. The Balaban J connectivity index is 1.56. The normalized spacial score (nSPS) is 11.9. The first-order chi connectivity index (χ1) is 14.8. The van der Waals surface area contributed by atoms with Gasteiger partial charge in [0.1, 0.15) is 5.82 Å². The zero-order valence-electron chi connectivity index (χ0n) is 16.5. The highest BCUT2D eigenvalue weighted by Gasteiger charge is 2.11. The van der Waals surface area contributed by atoms with Crippen molar-refractivity contribution in [3.8, 4) is 11.1 Å². The lowest BCUT2D eigenvalue weighted by Crippen LogP contribution is -2.06. The van der Waals surface area contributed by atoms with Crippen LogP contribution in [-0.4, -0.2) is 30.9 Å². The molecular weight excluding hydrogens is 374 g/mol. The first-order valence-electron chi connectivity index (χ1n) is 9.61. The Bertz CT molecular complexity index is 1200. The summed E-state index contributed by atoms with van der Waals surface area (Å²) < 4.78 is 3.68. The number of fused-ring (bicyclic) bond motifs is 1. The lowest BCUT2D eigenvalue weighted by molar-refractivity contribution is 0.687. The highest BCUT2D eigenvalue weighted by Crippen LogP contribution is 2.24. The van der Waals surface area contributed by atoms with Crippen LogP contribution in [0, 0.1) is 0 Å². The van der Waals surface area contributed by atoms with E-state index in [1.54, 1.807) is 10.6 Å². The largest absolute Gasteiger partial charge is 0.405 e. The molecule has 3 aromatic heterocycles. The Kier molecular flexibility index (Phi) is 5.70. The van der Waals surface area contributed by atoms with Crippen molar-refractivity contribution in [2.45, 2.75) is 6.54 Å². The minimum atomic E-state index is 0.585. The number of anilines is 1. The minimum absolute atomic E-state index is 0.585. The lowest BCUT2D eigenvalue weighted by Gasteiger charge is -2.07. The van der Waals surface area contributed by atoms with Crippen molar-refractivity contribution >= 4 is 11.5 Å². The van der Waals surface area contributed by atoms with Crippen molar-refractivity contribution in [1.82, 2.24) is 24.4 Å². The van der Waals surface area contributed by atoms with Crippen LogP contribution in [0.4, 0.5) is 5.82 Å². The average Bonchev–Trinajstić information content (AvgIpc) is 3.39. The van der Waals surface area contributed by atoms with Crippen molar-refractivity contribution in [1.29, 1.82) is 0 Å². The number of aromatic nitrogens is 5. The van der Waals surface area contributed by atoms with Gasteiger partial charge in [0.2, 0.25) is 0 Å². The van der Waals surface area contributed by atoms with Gasteiger partial charge in [-0.25, -0.2) is 9.50 Å². The smallest absolute Gasteiger partial charge is 0.165 e. The van der Waals surface area contributed by atoms with E-state index in [4.69, 9.17) is 10.7 Å². The highest BCUT2D eigenvalue weighted by molar-refractivity contribution is 5.76. The van der Waals surface area contributed by atoms with E-state index in [1.165, 1.54) is 11.8 Å². The molecule has 4 rings (SSSR count). The summed E-state index contributed by atoms with van der Waals surface area (Å²) >= 11 is 0. The summed E-state index contributed by atoms with van der Waals surface area (Å²) in [5, 5.41) is 12.2. The molecule has 3 N–H and O–H groups in total. The van der Waals surface area contributed by atoms with E-state index in [0.29, 0.717) is 13.1 Å². The van der Waals surface area contributed by atoms with Gasteiger partial charge in [-0.05, 0) is 29.5 Å². The van der Waals surface area contributed by atoms with E-state index in [0.717, 1.165) is 28.2 Å². The first-order valence-corrected chi connectivity index (χ1v) is 9.61. The van der Waals surface area contributed by atoms with Gasteiger partial charge in [-0.3, -0.25) is 4.68 Å². The van der Waals surface area contributed by atoms with E-state index >= 15 is 0 Å². The number of benzene rings is 1. The van der Waals surface area contributed by atoms with Crippen LogP contribution in [-0.2, 0) is 6.54 Å². The number of nitrogens with one attached hydrogen (secondary N) is 1. The van der Waals surface area contributed by atoms with Crippen LogP contribution < -0.4 is 11.1 Å². The molecular formula is C23H23N7. The molecule has 1 aromatic carbocycles. The molecule has 3 heterocycles. The molecule has 0 amide bonds. The minimum Gasteiger partial charge on any atom is -0.405 e. The van der Waals surface area contributed by atoms with Gasteiger partial charge in [-0.15, -0.1) is 0 Å². The van der Waals surface area contributed by atoms with E-state index < -0.39 is 0 Å². The van der Waals surface area contributed by atoms with Crippen molar-refractivity contribution in [3.63, 3.8) is 0 Å². The molecule has 0 unspecified atom stereocenters. The van der Waals surface area contributed by atoms with E-state index in [-0.39, 0.29) is 0 Å². The number of hydrogen-bond acceptors (Lipinski definition) is 5. The molecule has 0 fully saturated rings. The Hall–Kier alpha value is -4.13. The fourth-order valence-electron chi connectivity index (χ4n) is 3.17. The molecule has 0 saturated carbocycles. The monoisotopic (exact) mass is 397 g/mol. The maximum Gasteiger partial charge on any atom is 0.165 e.